The second kappa shape index (κ2) is 32.3. The second-order valence-corrected chi connectivity index (χ2v) is 14.5. The number of nitrogens with one attached hydrogen (secondary N) is 2. The number of amides is 7. The lowest BCUT2D eigenvalue weighted by molar-refractivity contribution is -0.198. The van der Waals surface area contributed by atoms with Crippen molar-refractivity contribution in [3.05, 3.63) is 0 Å². The van der Waals surface area contributed by atoms with Gasteiger partial charge in [-0.25, -0.2) is 14.4 Å². The summed E-state index contributed by atoms with van der Waals surface area (Å²) in [6.07, 6.45) is 3.62. The molecule has 2 N–H and O–H groups in total. The van der Waals surface area contributed by atoms with Crippen molar-refractivity contribution >= 4 is 47.5 Å². The zero-order chi connectivity index (χ0) is 45.5. The molecule has 3 saturated heterocycles. The Bertz CT molecular complexity index is 1330. The molecule has 3 fully saturated rings. The molecule has 0 aromatic heterocycles. The van der Waals surface area contributed by atoms with E-state index in [-0.39, 0.29) is 102 Å². The van der Waals surface area contributed by atoms with Crippen LogP contribution in [-0.2, 0) is 81.1 Å². The van der Waals surface area contributed by atoms with Gasteiger partial charge in [-0.05, 0) is 19.8 Å². The van der Waals surface area contributed by atoms with Gasteiger partial charge in [-0.3, -0.25) is 24.0 Å². The SMILES string of the molecule is CC1NC(=O)NC1CCCCCC(=O)N(CCOCCOCCOCCOCCC(=O)ON1C(=O)CCC1=O)CCOCCOCCOCCOCCC(=O)ON1C(=O)CCC1=O. The Kier molecular flexibility index (Phi) is 27.2. The summed E-state index contributed by atoms with van der Waals surface area (Å²) in [5.74, 6) is -3.59. The minimum Gasteiger partial charge on any atom is -0.378 e. The monoisotopic (exact) mass is 903 g/mol. The maximum atomic E-state index is 13.1. The van der Waals surface area contributed by atoms with Crippen LogP contribution >= 0.6 is 0 Å². The highest BCUT2D eigenvalue weighted by molar-refractivity contribution is 6.02. The lowest BCUT2D eigenvalue weighted by atomic mass is 10.0. The Morgan fingerprint density at radius 2 is 0.857 bits per heavy atom. The van der Waals surface area contributed by atoms with E-state index < -0.39 is 35.6 Å². The van der Waals surface area contributed by atoms with Gasteiger partial charge in [0.2, 0.25) is 5.91 Å². The number of rotatable bonds is 38. The summed E-state index contributed by atoms with van der Waals surface area (Å²) in [5, 5.41) is 6.77. The minimum absolute atomic E-state index is 0.00569. The second-order valence-electron chi connectivity index (χ2n) is 14.5. The van der Waals surface area contributed by atoms with Gasteiger partial charge in [0.25, 0.3) is 23.6 Å². The Morgan fingerprint density at radius 3 is 1.22 bits per heavy atom. The molecule has 0 aromatic carbocycles. The average molecular weight is 904 g/mol. The summed E-state index contributed by atoms with van der Waals surface area (Å²) in [5.41, 5.74) is 0. The first-order valence-corrected chi connectivity index (χ1v) is 21.6. The number of hydrogen-bond acceptors (Lipinski definition) is 18. The van der Waals surface area contributed by atoms with Gasteiger partial charge < -0.3 is 63.1 Å². The lowest BCUT2D eigenvalue weighted by Gasteiger charge is -2.23. The topological polar surface area (TPSA) is 263 Å². The number of ether oxygens (including phenoxy) is 8. The van der Waals surface area contributed by atoms with Gasteiger partial charge in [-0.2, -0.15) is 0 Å². The van der Waals surface area contributed by atoms with E-state index in [1.807, 2.05) is 6.92 Å². The predicted molar refractivity (Wildman–Crippen MR) is 215 cm³/mol. The molecular weight excluding hydrogens is 838 g/mol. The Labute approximate surface area is 367 Å². The predicted octanol–water partition coefficient (Wildman–Crippen LogP) is -0.0372. The van der Waals surface area contributed by atoms with Crippen molar-refractivity contribution in [2.75, 3.05) is 119 Å². The fraction of sp³-hybridized carbons (Fsp3) is 0.800. The first-order chi connectivity index (χ1) is 30.5. The number of urea groups is 1. The summed E-state index contributed by atoms with van der Waals surface area (Å²) >= 11 is 0. The van der Waals surface area contributed by atoms with E-state index in [4.69, 9.17) is 47.6 Å². The van der Waals surface area contributed by atoms with E-state index in [0.29, 0.717) is 95.7 Å². The first-order valence-electron chi connectivity index (χ1n) is 21.6. The van der Waals surface area contributed by atoms with Crippen LogP contribution in [0.5, 0.6) is 0 Å². The van der Waals surface area contributed by atoms with Crippen LogP contribution < -0.4 is 10.6 Å². The number of hydroxylamine groups is 4. The third-order valence-corrected chi connectivity index (χ3v) is 9.58. The van der Waals surface area contributed by atoms with E-state index in [9.17, 15) is 38.4 Å². The molecule has 0 aromatic rings. The molecule has 3 aliphatic rings. The van der Waals surface area contributed by atoms with Crippen LogP contribution in [0.2, 0.25) is 0 Å². The van der Waals surface area contributed by atoms with Crippen LogP contribution in [0.4, 0.5) is 4.79 Å². The van der Waals surface area contributed by atoms with Crippen molar-refractivity contribution in [1.82, 2.24) is 25.7 Å². The molecule has 358 valence electrons. The lowest BCUT2D eigenvalue weighted by Crippen LogP contribution is -2.37. The number of unbranched alkanes of at least 4 members (excludes halogenated alkanes) is 2. The molecule has 0 saturated carbocycles. The van der Waals surface area contributed by atoms with Gasteiger partial charge in [0.1, 0.15) is 0 Å². The van der Waals surface area contributed by atoms with Crippen LogP contribution in [-0.4, -0.2) is 193 Å². The summed E-state index contributed by atoms with van der Waals surface area (Å²) in [6, 6.07) is 0.0261. The average Bonchev–Trinajstić information content (AvgIpc) is 3.88. The van der Waals surface area contributed by atoms with Crippen LogP contribution in [0.15, 0.2) is 0 Å². The summed E-state index contributed by atoms with van der Waals surface area (Å²) in [7, 11) is 0. The minimum atomic E-state index is -0.728. The summed E-state index contributed by atoms with van der Waals surface area (Å²) < 4.78 is 44.0. The fourth-order valence-corrected chi connectivity index (χ4v) is 6.10. The van der Waals surface area contributed by atoms with Crippen molar-refractivity contribution in [2.45, 2.75) is 89.6 Å². The number of carbonyl (C=O) groups excluding carboxylic acids is 8. The summed E-state index contributed by atoms with van der Waals surface area (Å²) in [4.78, 5) is 105. The van der Waals surface area contributed by atoms with Crippen molar-refractivity contribution in [3.8, 4) is 0 Å². The van der Waals surface area contributed by atoms with E-state index in [1.54, 1.807) is 4.90 Å². The maximum Gasteiger partial charge on any atom is 0.335 e. The molecule has 23 nitrogen and oxygen atoms in total. The van der Waals surface area contributed by atoms with E-state index >= 15 is 0 Å². The van der Waals surface area contributed by atoms with Gasteiger partial charge in [0.15, 0.2) is 0 Å². The van der Waals surface area contributed by atoms with Crippen LogP contribution in [0, 0.1) is 0 Å². The number of hydrogen-bond donors (Lipinski definition) is 2. The van der Waals surface area contributed by atoms with Crippen LogP contribution in [0.1, 0.15) is 77.6 Å². The van der Waals surface area contributed by atoms with Crippen molar-refractivity contribution in [3.63, 3.8) is 0 Å². The maximum absolute atomic E-state index is 13.1. The number of nitrogens with zero attached hydrogens (tertiary/aromatic N) is 3. The van der Waals surface area contributed by atoms with E-state index in [1.165, 1.54) is 0 Å². The number of imide groups is 2. The molecule has 2 atom stereocenters. The molecule has 63 heavy (non-hydrogen) atoms. The van der Waals surface area contributed by atoms with Crippen LogP contribution in [0.3, 0.4) is 0 Å². The molecule has 0 spiro atoms. The van der Waals surface area contributed by atoms with Gasteiger partial charge in [0.05, 0.1) is 125 Å². The molecule has 0 radical (unpaired) electrons. The fourth-order valence-electron chi connectivity index (χ4n) is 6.10. The molecule has 3 heterocycles. The van der Waals surface area contributed by atoms with Crippen LogP contribution in [0.25, 0.3) is 0 Å². The molecule has 3 aliphatic heterocycles. The molecule has 3 rings (SSSR count). The molecule has 0 aliphatic carbocycles. The first kappa shape index (κ1) is 53.0. The summed E-state index contributed by atoms with van der Waals surface area (Å²) in [6.45, 7) is 7.17. The standard InChI is InChI=1S/C40H65N5O18/c1-31-32(42-40(53)41-31)5-3-2-4-6-33(46)43(13-17-56-21-25-60-29-27-58-23-19-54-15-11-38(51)62-44-34(47)7-8-35(44)48)14-18-57-22-26-61-30-28-59-24-20-55-16-12-39(52)63-45-36(49)9-10-37(45)50/h31-32H,2-30H2,1H3,(H2,41,42,53). The highest BCUT2D eigenvalue weighted by Crippen LogP contribution is 2.15. The largest absolute Gasteiger partial charge is 0.378 e. The molecule has 0 bridgehead atoms. The highest BCUT2D eigenvalue weighted by Gasteiger charge is 2.34. The Hall–Kier alpha value is -4.36. The zero-order valence-corrected chi connectivity index (χ0v) is 36.4. The van der Waals surface area contributed by atoms with Crippen molar-refractivity contribution in [1.29, 1.82) is 0 Å². The smallest absolute Gasteiger partial charge is 0.335 e. The molecule has 7 amide bonds. The zero-order valence-electron chi connectivity index (χ0n) is 36.4. The molecule has 2 unspecified atom stereocenters. The van der Waals surface area contributed by atoms with Gasteiger partial charge in [-0.1, -0.05) is 12.8 Å². The van der Waals surface area contributed by atoms with Crippen molar-refractivity contribution < 1.29 is 85.9 Å². The highest BCUT2D eigenvalue weighted by atomic mass is 16.7. The number of carbonyl (C=O) groups is 8. The van der Waals surface area contributed by atoms with Gasteiger partial charge >= 0.3 is 18.0 Å². The van der Waals surface area contributed by atoms with Crippen molar-refractivity contribution in [2.24, 2.45) is 0 Å². The van der Waals surface area contributed by atoms with Gasteiger partial charge in [0, 0.05) is 51.2 Å². The molecular formula is C40H65N5O18. The third-order valence-electron chi connectivity index (χ3n) is 9.58. The quantitative estimate of drug-likeness (QED) is 0.0608. The van der Waals surface area contributed by atoms with Gasteiger partial charge in [-0.15, -0.1) is 10.1 Å². The normalized spacial score (nSPS) is 17.4. The Balaban J connectivity index is 1.16. The Morgan fingerprint density at radius 1 is 0.492 bits per heavy atom. The van der Waals surface area contributed by atoms with E-state index in [0.717, 1.165) is 25.7 Å². The third kappa shape index (κ3) is 23.2. The van der Waals surface area contributed by atoms with E-state index in [2.05, 4.69) is 10.6 Å². The molecule has 23 heteroatoms.